The van der Waals surface area contributed by atoms with Gasteiger partial charge in [0.25, 0.3) is 0 Å². The van der Waals surface area contributed by atoms with Crippen LogP contribution in [0.15, 0.2) is 42.5 Å². The molecule has 0 saturated carbocycles. The normalized spacial score (nSPS) is 20.8. The summed E-state index contributed by atoms with van der Waals surface area (Å²) in [6.45, 7) is 10.5. The number of hydrogen-bond donors (Lipinski definition) is 3. The van der Waals surface area contributed by atoms with Gasteiger partial charge in [-0.05, 0) is 51.3 Å². The third-order valence-electron chi connectivity index (χ3n) is 7.22. The Morgan fingerprint density at radius 1 is 1.14 bits per heavy atom. The van der Waals surface area contributed by atoms with Crippen molar-refractivity contribution >= 4 is 17.6 Å². The van der Waals surface area contributed by atoms with Crippen LogP contribution in [-0.4, -0.2) is 61.3 Å². The fraction of sp³-hybridized carbons (Fsp3) is 0.621. The maximum atomic E-state index is 13.9. The molecular weight excluding hydrogens is 452 g/mol. The molecule has 1 aromatic rings. The molecule has 1 aliphatic rings. The number of hydrogen-bond acceptors (Lipinski definition) is 5. The van der Waals surface area contributed by atoms with Gasteiger partial charge in [0.15, 0.2) is 0 Å². The summed E-state index contributed by atoms with van der Waals surface area (Å²) in [4.78, 5) is 41.2. The second-order valence-corrected chi connectivity index (χ2v) is 10.9. The fourth-order valence-electron chi connectivity index (χ4n) is 4.67. The van der Waals surface area contributed by atoms with E-state index >= 15 is 0 Å². The second-order valence-electron chi connectivity index (χ2n) is 10.9. The number of likely N-dealkylation sites (N-methyl/N-ethyl adjacent to an activating group) is 2. The number of likely N-dealkylation sites (tertiary alicyclic amines) is 1. The van der Waals surface area contributed by atoms with Crippen LogP contribution in [0.5, 0.6) is 0 Å². The first-order chi connectivity index (χ1) is 17.0. The molecule has 2 amide bonds. The van der Waals surface area contributed by atoms with Crippen molar-refractivity contribution in [2.75, 3.05) is 20.6 Å². The van der Waals surface area contributed by atoms with E-state index in [1.165, 1.54) is 0 Å². The number of rotatable bonds is 12. The van der Waals surface area contributed by atoms with Crippen LogP contribution in [0.3, 0.4) is 0 Å². The zero-order valence-electron chi connectivity index (χ0n) is 23.1. The summed E-state index contributed by atoms with van der Waals surface area (Å²) in [5, 5.41) is 9.42. The number of nitrogens with one attached hydrogen (secondary N) is 3. The van der Waals surface area contributed by atoms with E-state index in [4.69, 9.17) is 0 Å². The first kappa shape index (κ1) is 29.7. The third kappa shape index (κ3) is 8.00. The number of allylic oxidation sites excluding steroid dienone is 1. The van der Waals surface area contributed by atoms with Crippen LogP contribution in [0.1, 0.15) is 71.9 Å². The first-order valence-corrected chi connectivity index (χ1v) is 13.2. The molecule has 0 aliphatic carbocycles. The Labute approximate surface area is 217 Å². The van der Waals surface area contributed by atoms with Crippen molar-refractivity contribution in [2.45, 2.75) is 84.5 Å². The van der Waals surface area contributed by atoms with Gasteiger partial charge in [0.05, 0.1) is 18.0 Å². The molecule has 1 saturated heterocycles. The molecule has 1 heterocycles. The van der Waals surface area contributed by atoms with Crippen LogP contribution in [0.25, 0.3) is 0 Å². The Kier molecular flexibility index (Phi) is 11.3. The van der Waals surface area contributed by atoms with Crippen molar-refractivity contribution in [3.8, 4) is 0 Å². The van der Waals surface area contributed by atoms with Gasteiger partial charge < -0.3 is 20.9 Å². The highest BCUT2D eigenvalue weighted by molar-refractivity contribution is 5.90. The van der Waals surface area contributed by atoms with E-state index in [0.717, 1.165) is 12.0 Å². The maximum absolute atomic E-state index is 13.9. The van der Waals surface area contributed by atoms with E-state index < -0.39 is 12.0 Å². The number of carbonyl (C=O) groups is 3. The van der Waals surface area contributed by atoms with Crippen molar-refractivity contribution < 1.29 is 14.4 Å². The Hall–Kier alpha value is -2.51. The topological polar surface area (TPSA) is 90.5 Å². The van der Waals surface area contributed by atoms with Crippen LogP contribution < -0.4 is 16.0 Å². The molecule has 1 aliphatic heterocycles. The van der Waals surface area contributed by atoms with Crippen molar-refractivity contribution in [3.05, 3.63) is 48.0 Å². The van der Waals surface area contributed by atoms with Crippen LogP contribution >= 0.6 is 0 Å². The summed E-state index contributed by atoms with van der Waals surface area (Å²) < 4.78 is 0. The fourth-order valence-corrected chi connectivity index (χ4v) is 4.67. The van der Waals surface area contributed by atoms with Crippen LogP contribution in [0.2, 0.25) is 0 Å². The summed E-state index contributed by atoms with van der Waals surface area (Å²) in [6, 6.07) is 9.21. The molecule has 0 aromatic heterocycles. The van der Waals surface area contributed by atoms with E-state index in [-0.39, 0.29) is 41.1 Å². The molecule has 1 aromatic carbocycles. The monoisotopic (exact) mass is 498 g/mol. The number of benzene rings is 1. The maximum Gasteiger partial charge on any atom is 0.243 e. The van der Waals surface area contributed by atoms with Gasteiger partial charge in [0.1, 0.15) is 11.8 Å². The quantitative estimate of drug-likeness (QED) is 0.383. The van der Waals surface area contributed by atoms with Gasteiger partial charge in [0, 0.05) is 19.0 Å². The Morgan fingerprint density at radius 2 is 1.81 bits per heavy atom. The van der Waals surface area contributed by atoms with Crippen LogP contribution in [0.4, 0.5) is 0 Å². The number of amides is 2. The van der Waals surface area contributed by atoms with E-state index in [0.29, 0.717) is 25.8 Å². The predicted octanol–water partition coefficient (Wildman–Crippen LogP) is 3.62. The summed E-state index contributed by atoms with van der Waals surface area (Å²) in [6.07, 6.45) is 6.24. The summed E-state index contributed by atoms with van der Waals surface area (Å²) in [7, 11) is 3.65. The molecular formula is C29H46N4O3. The standard InChI is InChI=1S/C29H46N4O3/c1-8-24(21-14-10-9-11-15-21)32-27(35)25-18-22(31-7)19-33(25)28(36)23(29(3,4)5)16-12-13-17-26(34)20(2)30-6/h9-12,14-16,20,22-25,30-31H,8,13,17-19H2,1-7H3,(H,32,35)/b16-12+/t20-,22-,23+,24+,25-/m0/s1. The zero-order valence-corrected chi connectivity index (χ0v) is 23.1. The smallest absolute Gasteiger partial charge is 0.243 e. The van der Waals surface area contributed by atoms with Gasteiger partial charge in [-0.1, -0.05) is 70.2 Å². The highest BCUT2D eigenvalue weighted by Crippen LogP contribution is 2.32. The van der Waals surface area contributed by atoms with Crippen molar-refractivity contribution in [1.29, 1.82) is 0 Å². The third-order valence-corrected chi connectivity index (χ3v) is 7.22. The lowest BCUT2D eigenvalue weighted by Crippen LogP contribution is -2.50. The zero-order chi connectivity index (χ0) is 26.9. The molecule has 0 bridgehead atoms. The van der Waals surface area contributed by atoms with Crippen molar-refractivity contribution in [3.63, 3.8) is 0 Å². The molecule has 3 N–H and O–H groups in total. The molecule has 7 heteroatoms. The molecule has 0 spiro atoms. The number of ketones is 1. The molecule has 1 fully saturated rings. The lowest BCUT2D eigenvalue weighted by molar-refractivity contribution is -0.143. The van der Waals surface area contributed by atoms with Gasteiger partial charge in [-0.3, -0.25) is 14.4 Å². The molecule has 2 rings (SSSR count). The van der Waals surface area contributed by atoms with E-state index in [1.807, 2.05) is 77.2 Å². The molecule has 7 nitrogen and oxygen atoms in total. The number of carbonyl (C=O) groups excluding carboxylic acids is 3. The number of Topliss-reactive ketones (excluding diaryl/α,β-unsaturated/α-hetero) is 1. The van der Waals surface area contributed by atoms with Gasteiger partial charge in [-0.25, -0.2) is 0 Å². The van der Waals surface area contributed by atoms with Gasteiger partial charge in [-0.2, -0.15) is 0 Å². The van der Waals surface area contributed by atoms with Gasteiger partial charge >= 0.3 is 0 Å². The molecule has 200 valence electrons. The first-order valence-electron chi connectivity index (χ1n) is 13.2. The Bertz CT molecular complexity index is 894. The molecule has 0 unspecified atom stereocenters. The van der Waals surface area contributed by atoms with Crippen molar-refractivity contribution in [2.24, 2.45) is 11.3 Å². The lowest BCUT2D eigenvalue weighted by atomic mass is 9.79. The summed E-state index contributed by atoms with van der Waals surface area (Å²) >= 11 is 0. The van der Waals surface area contributed by atoms with E-state index in [2.05, 4.69) is 22.9 Å². The van der Waals surface area contributed by atoms with E-state index in [9.17, 15) is 14.4 Å². The largest absolute Gasteiger partial charge is 0.348 e. The highest BCUT2D eigenvalue weighted by atomic mass is 16.2. The predicted molar refractivity (Wildman–Crippen MR) is 145 cm³/mol. The van der Waals surface area contributed by atoms with E-state index in [1.54, 1.807) is 11.9 Å². The minimum atomic E-state index is -0.524. The minimum absolute atomic E-state index is 0.0423. The van der Waals surface area contributed by atoms with Crippen molar-refractivity contribution in [1.82, 2.24) is 20.9 Å². The Morgan fingerprint density at radius 3 is 2.36 bits per heavy atom. The molecule has 36 heavy (non-hydrogen) atoms. The average Bonchev–Trinajstić information content (AvgIpc) is 3.30. The number of nitrogens with zero attached hydrogens (tertiary/aromatic N) is 1. The Balaban J connectivity index is 2.18. The molecule has 0 radical (unpaired) electrons. The van der Waals surface area contributed by atoms with Crippen LogP contribution in [0, 0.1) is 11.3 Å². The highest BCUT2D eigenvalue weighted by Gasteiger charge is 2.43. The van der Waals surface area contributed by atoms with Gasteiger partial charge in [0.2, 0.25) is 11.8 Å². The summed E-state index contributed by atoms with van der Waals surface area (Å²) in [5.41, 5.74) is 0.733. The minimum Gasteiger partial charge on any atom is -0.348 e. The SMILES string of the molecule is CC[C@@H](NC(=O)[C@@H]1C[C@H](NC)CN1C(=O)[C@@H](/C=C/CCC(=O)[C@H](C)NC)C(C)(C)C)c1ccccc1. The second kappa shape index (κ2) is 13.7. The summed E-state index contributed by atoms with van der Waals surface area (Å²) in [5.74, 6) is -0.395. The van der Waals surface area contributed by atoms with Crippen LogP contribution in [-0.2, 0) is 14.4 Å². The lowest BCUT2D eigenvalue weighted by Gasteiger charge is -2.34. The van der Waals surface area contributed by atoms with Gasteiger partial charge in [-0.15, -0.1) is 0 Å². The average molecular weight is 499 g/mol. The molecule has 5 atom stereocenters.